The number of phenols is 2. The van der Waals surface area contributed by atoms with Gasteiger partial charge in [0, 0.05) is 6.07 Å². The monoisotopic (exact) mass is 612 g/mol. The van der Waals surface area contributed by atoms with Gasteiger partial charge in [-0.15, -0.1) is 0 Å². The van der Waals surface area contributed by atoms with E-state index in [1.807, 2.05) is 0 Å². The van der Waals surface area contributed by atoms with Crippen molar-refractivity contribution in [1.29, 1.82) is 0 Å². The van der Waals surface area contributed by atoms with Crippen molar-refractivity contribution in [2.24, 2.45) is 0 Å². The molecule has 8 N–H and O–H groups in total. The van der Waals surface area contributed by atoms with Gasteiger partial charge in [0.25, 0.3) is 0 Å². The van der Waals surface area contributed by atoms with Crippen molar-refractivity contribution in [1.82, 2.24) is 0 Å². The highest BCUT2D eigenvalue weighted by Crippen LogP contribution is 2.37. The summed E-state index contributed by atoms with van der Waals surface area (Å²) >= 11 is 0. The number of hydrogen-bond acceptors (Lipinski definition) is 4. The number of hydrogen-bond donors (Lipinski definition) is 8. The topological polar surface area (TPSA) is 196 Å². The molecule has 5 aromatic carbocycles. The second kappa shape index (κ2) is 16.4. The highest BCUT2D eigenvalue weighted by molar-refractivity contribution is 7.45. The first-order valence-electron chi connectivity index (χ1n) is 12.1. The zero-order valence-corrected chi connectivity index (χ0v) is 23.8. The molecule has 0 bridgehead atoms. The largest absolute Gasteiger partial charge is 0.508 e. The summed E-state index contributed by atoms with van der Waals surface area (Å²) in [4.78, 5) is 43.1. The Balaban J connectivity index is 0.000000280. The van der Waals surface area contributed by atoms with E-state index in [0.29, 0.717) is 0 Å². The number of rotatable bonds is 3. The van der Waals surface area contributed by atoms with Gasteiger partial charge in [-0.3, -0.25) is 0 Å². The summed E-state index contributed by atoms with van der Waals surface area (Å²) in [5, 5.41) is 17.3. The maximum Gasteiger partial charge on any atom is 0.466 e. The molecule has 0 aromatic heterocycles. The second-order valence-corrected chi connectivity index (χ2v) is 10.4. The Morgan fingerprint density at radius 3 is 0.881 bits per heavy atom. The Hall–Kier alpha value is -4.08. The number of aromatic hydroxyl groups is 2. The fourth-order valence-electron chi connectivity index (χ4n) is 3.67. The first-order valence-corrected chi connectivity index (χ1v) is 15.2. The highest BCUT2D eigenvalue weighted by Gasteiger charge is 2.11. The van der Waals surface area contributed by atoms with Crippen LogP contribution in [0.15, 0.2) is 133 Å². The normalized spacial score (nSPS) is 10.5. The van der Waals surface area contributed by atoms with Gasteiger partial charge < -0.3 is 39.6 Å². The lowest BCUT2D eigenvalue weighted by Crippen LogP contribution is -1.88. The summed E-state index contributed by atoms with van der Waals surface area (Å²) in [6.45, 7) is 0. The van der Waals surface area contributed by atoms with Crippen LogP contribution < -0.4 is 0 Å². The molecule has 0 atom stereocenters. The third-order valence-electron chi connectivity index (χ3n) is 5.14. The number of phosphoric acid groups is 2. The molecule has 0 aliphatic rings. The minimum absolute atomic E-state index is 0.0880. The molecule has 10 nitrogen and oxygen atoms in total. The van der Waals surface area contributed by atoms with Gasteiger partial charge in [0.15, 0.2) is 0 Å². The molecule has 0 saturated carbocycles. The molecule has 5 rings (SSSR count). The van der Waals surface area contributed by atoms with Crippen molar-refractivity contribution in [2.75, 3.05) is 0 Å². The van der Waals surface area contributed by atoms with Gasteiger partial charge >= 0.3 is 15.6 Å². The summed E-state index contributed by atoms with van der Waals surface area (Å²) in [6.07, 6.45) is 0. The minimum Gasteiger partial charge on any atom is -0.508 e. The van der Waals surface area contributed by atoms with E-state index >= 15 is 0 Å². The maximum absolute atomic E-state index is 8.88. The van der Waals surface area contributed by atoms with E-state index in [4.69, 9.17) is 48.7 Å². The van der Waals surface area contributed by atoms with E-state index in [9.17, 15) is 0 Å². The fourth-order valence-corrected chi connectivity index (χ4v) is 3.67. The molecule has 0 saturated heterocycles. The third kappa shape index (κ3) is 14.0. The van der Waals surface area contributed by atoms with Crippen molar-refractivity contribution in [3.8, 4) is 44.9 Å². The lowest BCUT2D eigenvalue weighted by molar-refractivity contribution is 0.272. The summed E-state index contributed by atoms with van der Waals surface area (Å²) in [7, 11) is -9.28. The van der Waals surface area contributed by atoms with Crippen LogP contribution in [0.4, 0.5) is 0 Å². The van der Waals surface area contributed by atoms with Gasteiger partial charge in [0.2, 0.25) is 0 Å². The van der Waals surface area contributed by atoms with Crippen LogP contribution in [0, 0.1) is 0 Å². The average molecular weight is 613 g/mol. The number of phenolic OH excluding ortho intramolecular Hbond substituents is 2. The molecule has 0 heterocycles. The van der Waals surface area contributed by atoms with Crippen LogP contribution in [0.5, 0.6) is 11.5 Å². The molecule has 0 spiro atoms. The Labute approximate surface area is 242 Å². The predicted octanol–water partition coefficient (Wildman–Crippen LogP) is 5.93. The van der Waals surface area contributed by atoms with E-state index < -0.39 is 15.6 Å². The predicted molar refractivity (Wildman–Crippen MR) is 161 cm³/mol. The van der Waals surface area contributed by atoms with E-state index in [1.165, 1.54) is 51.6 Å². The van der Waals surface area contributed by atoms with Crippen LogP contribution in [-0.4, -0.2) is 39.6 Å². The Morgan fingerprint density at radius 2 is 0.619 bits per heavy atom. The first kappa shape index (κ1) is 34.1. The zero-order valence-electron chi connectivity index (χ0n) is 22.0. The number of benzene rings is 5. The molecular weight excluding hydrogens is 582 g/mol. The summed E-state index contributed by atoms with van der Waals surface area (Å²) in [5.74, 6) is 0.176. The van der Waals surface area contributed by atoms with Gasteiger partial charge in [0.05, 0.1) is 0 Å². The standard InChI is InChI=1S/C24H18.C6H6O2.2H3O4P/c1-3-11-19(12-4-1)21-15-7-9-17-23(21)24-18-10-8-16-22(24)20-13-5-2-6-14-20;7-5-2-1-3-6(8)4-5;2*1-5(2,3)4/h1-18H;1-4,7-8H;2*(H3,1,2,3,4). The fraction of sp³-hybridized carbons (Fsp3) is 0. The van der Waals surface area contributed by atoms with E-state index in [2.05, 4.69) is 109 Å². The molecule has 220 valence electrons. The van der Waals surface area contributed by atoms with Gasteiger partial charge in [-0.2, -0.15) is 0 Å². The molecule has 0 amide bonds. The minimum atomic E-state index is -4.64. The van der Waals surface area contributed by atoms with E-state index in [-0.39, 0.29) is 11.5 Å². The van der Waals surface area contributed by atoms with Crippen LogP contribution >= 0.6 is 15.6 Å². The van der Waals surface area contributed by atoms with Gasteiger partial charge in [-0.05, 0) is 45.5 Å². The van der Waals surface area contributed by atoms with E-state index in [1.54, 1.807) is 6.07 Å². The van der Waals surface area contributed by atoms with Crippen molar-refractivity contribution in [3.63, 3.8) is 0 Å². The Morgan fingerprint density at radius 1 is 0.357 bits per heavy atom. The molecule has 0 aliphatic heterocycles. The third-order valence-corrected chi connectivity index (χ3v) is 5.14. The summed E-state index contributed by atoms with van der Waals surface area (Å²) < 4.78 is 17.8. The first-order chi connectivity index (χ1) is 19.7. The Bertz CT molecular complexity index is 1480. The lowest BCUT2D eigenvalue weighted by Gasteiger charge is -2.14. The van der Waals surface area contributed by atoms with Crippen molar-refractivity contribution in [3.05, 3.63) is 133 Å². The van der Waals surface area contributed by atoms with Gasteiger partial charge in [-0.25, -0.2) is 9.13 Å². The smallest absolute Gasteiger partial charge is 0.466 e. The Kier molecular flexibility index (Phi) is 13.3. The van der Waals surface area contributed by atoms with Crippen LogP contribution in [0.1, 0.15) is 0 Å². The highest BCUT2D eigenvalue weighted by atomic mass is 31.2. The van der Waals surface area contributed by atoms with Crippen molar-refractivity contribution >= 4 is 15.6 Å². The maximum atomic E-state index is 8.88. The summed E-state index contributed by atoms with van der Waals surface area (Å²) in [5.41, 5.74) is 7.56. The summed E-state index contributed by atoms with van der Waals surface area (Å²) in [6, 6.07) is 44.3. The molecule has 42 heavy (non-hydrogen) atoms. The van der Waals surface area contributed by atoms with Crippen molar-refractivity contribution in [2.45, 2.75) is 0 Å². The molecule has 0 aliphatic carbocycles. The quantitative estimate of drug-likeness (QED) is 0.113. The zero-order chi connectivity index (χ0) is 31.2. The van der Waals surface area contributed by atoms with Gasteiger partial charge in [0.1, 0.15) is 11.5 Å². The van der Waals surface area contributed by atoms with Crippen LogP contribution in [0.25, 0.3) is 33.4 Å². The van der Waals surface area contributed by atoms with Crippen LogP contribution in [-0.2, 0) is 9.13 Å². The molecule has 0 fully saturated rings. The molecule has 0 unspecified atom stereocenters. The molecule has 0 radical (unpaired) electrons. The lowest BCUT2D eigenvalue weighted by atomic mass is 9.89. The molecule has 5 aromatic rings. The van der Waals surface area contributed by atoms with Gasteiger partial charge in [-0.1, -0.05) is 115 Å². The average Bonchev–Trinajstić information content (AvgIpc) is 2.92. The molecule has 12 heteroatoms. The molecular formula is C30H30O10P2. The van der Waals surface area contributed by atoms with E-state index in [0.717, 1.165) is 0 Å². The van der Waals surface area contributed by atoms with Crippen LogP contribution in [0.3, 0.4) is 0 Å². The second-order valence-electron chi connectivity index (χ2n) is 8.37. The van der Waals surface area contributed by atoms with Crippen molar-refractivity contribution < 1.29 is 48.7 Å². The SMILES string of the molecule is O=P(O)(O)O.O=P(O)(O)O.Oc1cccc(O)c1.c1ccc(-c2ccccc2-c2ccccc2-c2ccccc2)cc1. The van der Waals surface area contributed by atoms with Crippen LogP contribution in [0.2, 0.25) is 0 Å².